The summed E-state index contributed by atoms with van der Waals surface area (Å²) in [6.07, 6.45) is 1.75. The lowest BCUT2D eigenvalue weighted by atomic mass is 10.3. The Kier molecular flexibility index (Phi) is 3.22. The molecule has 0 radical (unpaired) electrons. The van der Waals surface area contributed by atoms with Crippen molar-refractivity contribution in [1.29, 1.82) is 0 Å². The number of carboxylic acid groups (broad SMARTS) is 1. The molecule has 0 aliphatic rings. The molecule has 1 aromatic rings. The summed E-state index contributed by atoms with van der Waals surface area (Å²) < 4.78 is 1.63. The van der Waals surface area contributed by atoms with Gasteiger partial charge in [0.15, 0.2) is 0 Å². The molecule has 0 spiro atoms. The topological polar surface area (TPSA) is 55.1 Å². The van der Waals surface area contributed by atoms with Gasteiger partial charge in [0.05, 0.1) is 6.20 Å². The van der Waals surface area contributed by atoms with Gasteiger partial charge in [-0.25, -0.2) is 4.98 Å². The van der Waals surface area contributed by atoms with E-state index in [1.807, 2.05) is 0 Å². The average molecular weight is 221 g/mol. The Balaban J connectivity index is 2.74. The SMILES string of the molecule is Cn1c(Cl)cnc1CC(S)C(=O)O. The van der Waals surface area contributed by atoms with Crippen LogP contribution in [0.5, 0.6) is 0 Å². The van der Waals surface area contributed by atoms with Gasteiger partial charge >= 0.3 is 5.97 Å². The van der Waals surface area contributed by atoms with Gasteiger partial charge in [0, 0.05) is 13.5 Å². The molecule has 13 heavy (non-hydrogen) atoms. The third kappa shape index (κ3) is 2.38. The summed E-state index contributed by atoms with van der Waals surface area (Å²) in [5, 5.41) is 8.34. The maximum atomic E-state index is 10.5. The monoisotopic (exact) mass is 220 g/mol. The van der Waals surface area contributed by atoms with Crippen LogP contribution < -0.4 is 0 Å². The molecule has 0 fully saturated rings. The summed E-state index contributed by atoms with van der Waals surface area (Å²) in [5.74, 6) is -0.338. The molecule has 1 aromatic heterocycles. The minimum Gasteiger partial charge on any atom is -0.480 e. The number of hydrogen-bond acceptors (Lipinski definition) is 3. The van der Waals surface area contributed by atoms with Crippen molar-refractivity contribution in [3.8, 4) is 0 Å². The normalized spacial score (nSPS) is 12.8. The van der Waals surface area contributed by atoms with E-state index >= 15 is 0 Å². The van der Waals surface area contributed by atoms with Crippen molar-refractivity contribution >= 4 is 30.2 Å². The molecule has 1 heterocycles. The zero-order chi connectivity index (χ0) is 10.0. The second-order valence-corrected chi connectivity index (χ2v) is 3.62. The first kappa shape index (κ1) is 10.4. The van der Waals surface area contributed by atoms with E-state index in [1.165, 1.54) is 6.20 Å². The predicted molar refractivity (Wildman–Crippen MR) is 52.3 cm³/mol. The average Bonchev–Trinajstić information content (AvgIpc) is 2.36. The third-order valence-corrected chi connectivity index (χ3v) is 2.44. The zero-order valence-corrected chi connectivity index (χ0v) is 8.59. The summed E-state index contributed by atoms with van der Waals surface area (Å²) in [6, 6.07) is 0. The van der Waals surface area contributed by atoms with E-state index in [0.29, 0.717) is 11.0 Å². The largest absolute Gasteiger partial charge is 0.480 e. The molecule has 0 aromatic carbocycles. The van der Waals surface area contributed by atoms with E-state index in [0.717, 1.165) is 0 Å². The van der Waals surface area contributed by atoms with E-state index in [-0.39, 0.29) is 6.42 Å². The molecule has 1 rings (SSSR count). The Labute approximate surface area is 85.9 Å². The minimum atomic E-state index is -0.956. The molecule has 72 valence electrons. The first-order chi connectivity index (χ1) is 6.02. The van der Waals surface area contributed by atoms with Gasteiger partial charge < -0.3 is 9.67 Å². The van der Waals surface area contributed by atoms with E-state index in [4.69, 9.17) is 16.7 Å². The fourth-order valence-electron chi connectivity index (χ4n) is 0.874. The van der Waals surface area contributed by atoms with Crippen LogP contribution in [-0.4, -0.2) is 25.9 Å². The standard InChI is InChI=1S/C7H9ClN2O2S/c1-10-5(8)3-9-6(10)2-4(13)7(11)12/h3-4,13H,2H2,1H3,(H,11,12). The van der Waals surface area contributed by atoms with Gasteiger partial charge in [-0.15, -0.1) is 0 Å². The molecule has 1 atom stereocenters. The predicted octanol–water partition coefficient (Wildman–Crippen LogP) is 0.999. The summed E-state index contributed by atoms with van der Waals surface area (Å²) in [4.78, 5) is 14.4. The highest BCUT2D eigenvalue weighted by Crippen LogP contribution is 2.12. The Morgan fingerprint density at radius 3 is 2.92 bits per heavy atom. The Hall–Kier alpha value is -0.680. The van der Waals surface area contributed by atoms with E-state index in [2.05, 4.69) is 17.6 Å². The van der Waals surface area contributed by atoms with Crippen molar-refractivity contribution in [1.82, 2.24) is 9.55 Å². The molecule has 0 aliphatic heterocycles. The van der Waals surface area contributed by atoms with Crippen molar-refractivity contribution in [3.63, 3.8) is 0 Å². The molecule has 1 N–H and O–H groups in total. The third-order valence-electron chi connectivity index (χ3n) is 1.69. The molecule has 0 saturated heterocycles. The first-order valence-electron chi connectivity index (χ1n) is 3.59. The van der Waals surface area contributed by atoms with Crippen LogP contribution in [-0.2, 0) is 18.3 Å². The Bertz CT molecular complexity index is 326. The maximum absolute atomic E-state index is 10.5. The van der Waals surface area contributed by atoms with Crippen LogP contribution in [0, 0.1) is 0 Å². The number of halogens is 1. The van der Waals surface area contributed by atoms with Crippen molar-refractivity contribution in [2.24, 2.45) is 7.05 Å². The second-order valence-electron chi connectivity index (χ2n) is 2.61. The summed E-state index contributed by atoms with van der Waals surface area (Å²) >= 11 is 9.62. The van der Waals surface area contributed by atoms with E-state index < -0.39 is 11.2 Å². The number of nitrogens with zero attached hydrogens (tertiary/aromatic N) is 2. The molecular weight excluding hydrogens is 212 g/mol. The van der Waals surface area contributed by atoms with Gasteiger partial charge in [-0.2, -0.15) is 12.6 Å². The number of rotatable bonds is 3. The smallest absolute Gasteiger partial charge is 0.316 e. The van der Waals surface area contributed by atoms with Crippen LogP contribution in [0.25, 0.3) is 0 Å². The zero-order valence-electron chi connectivity index (χ0n) is 6.94. The van der Waals surface area contributed by atoms with E-state index in [1.54, 1.807) is 11.6 Å². The van der Waals surface area contributed by atoms with Crippen molar-refractivity contribution in [2.45, 2.75) is 11.7 Å². The van der Waals surface area contributed by atoms with Crippen LogP contribution in [0.3, 0.4) is 0 Å². The number of thiol groups is 1. The Morgan fingerprint density at radius 2 is 2.54 bits per heavy atom. The summed E-state index contributed by atoms with van der Waals surface area (Å²) in [6.45, 7) is 0. The fraction of sp³-hybridized carbons (Fsp3) is 0.429. The first-order valence-corrected chi connectivity index (χ1v) is 4.48. The molecule has 1 unspecified atom stereocenters. The number of aromatic nitrogens is 2. The van der Waals surface area contributed by atoms with Crippen LogP contribution in [0.15, 0.2) is 6.20 Å². The number of carboxylic acids is 1. The highest BCUT2D eigenvalue weighted by Gasteiger charge is 2.16. The van der Waals surface area contributed by atoms with Gasteiger partial charge in [-0.3, -0.25) is 4.79 Å². The Morgan fingerprint density at radius 1 is 1.92 bits per heavy atom. The summed E-state index contributed by atoms with van der Waals surface area (Å²) in [7, 11) is 1.73. The fourth-order valence-corrected chi connectivity index (χ4v) is 1.18. The van der Waals surface area contributed by atoms with Gasteiger partial charge in [0.2, 0.25) is 0 Å². The van der Waals surface area contributed by atoms with Crippen molar-refractivity contribution in [2.75, 3.05) is 0 Å². The molecule has 6 heteroatoms. The molecular formula is C7H9ClN2O2S. The molecule has 0 amide bonds. The van der Waals surface area contributed by atoms with Crippen molar-refractivity contribution < 1.29 is 9.90 Å². The van der Waals surface area contributed by atoms with E-state index in [9.17, 15) is 4.79 Å². The molecule has 0 saturated carbocycles. The molecule has 0 aliphatic carbocycles. The van der Waals surface area contributed by atoms with Crippen LogP contribution in [0.4, 0.5) is 0 Å². The summed E-state index contributed by atoms with van der Waals surface area (Å²) in [5.41, 5.74) is 0. The highest BCUT2D eigenvalue weighted by atomic mass is 35.5. The number of carbonyl (C=O) groups is 1. The van der Waals surface area contributed by atoms with Gasteiger partial charge in [0.1, 0.15) is 16.2 Å². The molecule has 0 bridgehead atoms. The maximum Gasteiger partial charge on any atom is 0.316 e. The molecule has 4 nitrogen and oxygen atoms in total. The van der Waals surface area contributed by atoms with Gasteiger partial charge in [0.25, 0.3) is 0 Å². The lowest BCUT2D eigenvalue weighted by Gasteiger charge is -2.05. The quantitative estimate of drug-likeness (QED) is 0.748. The van der Waals surface area contributed by atoms with Gasteiger partial charge in [-0.1, -0.05) is 11.6 Å². The van der Waals surface area contributed by atoms with Crippen LogP contribution in [0.2, 0.25) is 5.15 Å². The number of imidazole rings is 1. The van der Waals surface area contributed by atoms with Crippen LogP contribution in [0.1, 0.15) is 5.82 Å². The van der Waals surface area contributed by atoms with Gasteiger partial charge in [-0.05, 0) is 0 Å². The number of aliphatic carboxylic acids is 1. The number of hydrogen-bond donors (Lipinski definition) is 2. The lowest BCUT2D eigenvalue weighted by Crippen LogP contribution is -2.18. The van der Waals surface area contributed by atoms with Crippen molar-refractivity contribution in [3.05, 3.63) is 17.2 Å². The minimum absolute atomic E-state index is 0.266. The second kappa shape index (κ2) is 4.02. The highest BCUT2D eigenvalue weighted by molar-refractivity contribution is 7.81. The van der Waals surface area contributed by atoms with Crippen LogP contribution >= 0.6 is 24.2 Å². The lowest BCUT2D eigenvalue weighted by molar-refractivity contribution is -0.136.